The first-order valence-electron chi connectivity index (χ1n) is 4.53. The number of rotatable bonds is 0. The molecular formula is C11H19N. The Hall–Kier alpha value is -0.980. The molecule has 0 aromatic rings. The molecule has 0 aromatic carbocycles. The Kier molecular flexibility index (Phi) is 5.18. The molecule has 1 atom stereocenters. The molecule has 1 unspecified atom stereocenters. The highest BCUT2D eigenvalue weighted by Crippen LogP contribution is 2.11. The Labute approximate surface area is 75.7 Å². The maximum Gasteiger partial charge on any atom is 0.0340 e. The molecule has 0 radical (unpaired) electrons. The highest BCUT2D eigenvalue weighted by molar-refractivity contribution is 5.33. The van der Waals surface area contributed by atoms with E-state index in [1.165, 1.54) is 0 Å². The first-order valence-corrected chi connectivity index (χ1v) is 4.53. The second-order valence-corrected chi connectivity index (χ2v) is 2.72. The Morgan fingerprint density at radius 3 is 2.25 bits per heavy atom. The summed E-state index contributed by atoms with van der Waals surface area (Å²) < 4.78 is 0. The highest BCUT2D eigenvalue weighted by atomic mass is 14.6. The normalized spacial score (nSPS) is 21.5. The zero-order valence-electron chi connectivity index (χ0n) is 8.46. The summed E-state index contributed by atoms with van der Waals surface area (Å²) in [4.78, 5) is 0. The van der Waals surface area contributed by atoms with Crippen molar-refractivity contribution < 1.29 is 0 Å². The number of allylic oxidation sites excluding steroid dienone is 5. The molecule has 1 aliphatic carbocycles. The van der Waals surface area contributed by atoms with Gasteiger partial charge >= 0.3 is 0 Å². The van der Waals surface area contributed by atoms with Gasteiger partial charge in [-0.05, 0) is 24.5 Å². The first-order chi connectivity index (χ1) is 5.70. The molecule has 1 heteroatoms. The average molecular weight is 165 g/mol. The van der Waals surface area contributed by atoms with Gasteiger partial charge in [-0.25, -0.2) is 0 Å². The van der Waals surface area contributed by atoms with Gasteiger partial charge in [0.15, 0.2) is 0 Å². The topological polar surface area (TPSA) is 26.0 Å². The summed E-state index contributed by atoms with van der Waals surface area (Å²) in [5.74, 6) is 0.510. The lowest BCUT2D eigenvalue weighted by Crippen LogP contribution is -1.94. The smallest absolute Gasteiger partial charge is 0.0340 e. The van der Waals surface area contributed by atoms with Gasteiger partial charge in [-0.15, -0.1) is 0 Å². The van der Waals surface area contributed by atoms with Crippen molar-refractivity contribution >= 4 is 0 Å². The van der Waals surface area contributed by atoms with Crippen molar-refractivity contribution in [1.29, 1.82) is 0 Å². The molecular weight excluding hydrogens is 146 g/mol. The molecule has 0 spiro atoms. The highest BCUT2D eigenvalue weighted by Gasteiger charge is 1.97. The summed E-state index contributed by atoms with van der Waals surface area (Å²) in [6.07, 6.45) is 8.29. The van der Waals surface area contributed by atoms with Gasteiger partial charge in [0, 0.05) is 5.70 Å². The van der Waals surface area contributed by atoms with Crippen LogP contribution in [0.5, 0.6) is 0 Å². The van der Waals surface area contributed by atoms with Crippen LogP contribution in [-0.4, -0.2) is 0 Å². The molecule has 0 bridgehead atoms. The lowest BCUT2D eigenvalue weighted by Gasteiger charge is -1.92. The van der Waals surface area contributed by atoms with E-state index in [-0.39, 0.29) is 0 Å². The minimum absolute atomic E-state index is 0.510. The quantitative estimate of drug-likeness (QED) is 0.586. The summed E-state index contributed by atoms with van der Waals surface area (Å²) >= 11 is 0. The van der Waals surface area contributed by atoms with Gasteiger partial charge in [0.25, 0.3) is 0 Å². The summed E-state index contributed by atoms with van der Waals surface area (Å²) in [6.45, 7) is 8.16. The van der Waals surface area contributed by atoms with Crippen molar-refractivity contribution in [3.8, 4) is 0 Å². The third-order valence-corrected chi connectivity index (χ3v) is 1.68. The van der Waals surface area contributed by atoms with Crippen molar-refractivity contribution in [3.63, 3.8) is 0 Å². The van der Waals surface area contributed by atoms with Crippen LogP contribution >= 0.6 is 0 Å². The molecule has 2 N–H and O–H groups in total. The van der Waals surface area contributed by atoms with Gasteiger partial charge in [-0.3, -0.25) is 0 Å². The van der Waals surface area contributed by atoms with Crippen LogP contribution in [0.2, 0.25) is 0 Å². The van der Waals surface area contributed by atoms with E-state index in [4.69, 9.17) is 5.73 Å². The second-order valence-electron chi connectivity index (χ2n) is 2.72. The lowest BCUT2D eigenvalue weighted by molar-refractivity contribution is 0.941. The molecule has 0 fully saturated rings. The van der Waals surface area contributed by atoms with Gasteiger partial charge in [-0.2, -0.15) is 0 Å². The van der Waals surface area contributed by atoms with Crippen LogP contribution in [0.15, 0.2) is 35.6 Å². The van der Waals surface area contributed by atoms with Gasteiger partial charge in [0.1, 0.15) is 0 Å². The predicted octanol–water partition coefficient (Wildman–Crippen LogP) is 3.01. The predicted molar refractivity (Wildman–Crippen MR) is 55.7 cm³/mol. The molecule has 0 aliphatic heterocycles. The van der Waals surface area contributed by atoms with Crippen LogP contribution in [0, 0.1) is 5.92 Å². The molecule has 1 rings (SSSR count). The van der Waals surface area contributed by atoms with Crippen molar-refractivity contribution in [2.24, 2.45) is 11.7 Å². The van der Waals surface area contributed by atoms with Crippen molar-refractivity contribution in [3.05, 3.63) is 35.6 Å². The molecule has 0 aromatic heterocycles. The fourth-order valence-corrected chi connectivity index (χ4v) is 0.843. The summed E-state index contributed by atoms with van der Waals surface area (Å²) in [5, 5.41) is 0. The summed E-state index contributed by atoms with van der Waals surface area (Å²) in [6, 6.07) is 0. The maximum atomic E-state index is 5.68. The third kappa shape index (κ3) is 3.42. The number of hydrogen-bond donors (Lipinski definition) is 1. The van der Waals surface area contributed by atoms with Gasteiger partial charge in [0.2, 0.25) is 0 Å². The van der Waals surface area contributed by atoms with E-state index in [0.29, 0.717) is 5.92 Å². The fourth-order valence-electron chi connectivity index (χ4n) is 0.843. The van der Waals surface area contributed by atoms with Gasteiger partial charge in [-0.1, -0.05) is 39.0 Å². The maximum absolute atomic E-state index is 5.68. The Morgan fingerprint density at radius 1 is 1.17 bits per heavy atom. The van der Waals surface area contributed by atoms with Crippen LogP contribution < -0.4 is 5.73 Å². The van der Waals surface area contributed by atoms with E-state index in [9.17, 15) is 0 Å². The molecule has 68 valence electrons. The molecule has 1 aliphatic rings. The Balaban J connectivity index is 0.000000561. The van der Waals surface area contributed by atoms with Crippen LogP contribution in [0.3, 0.4) is 0 Å². The van der Waals surface area contributed by atoms with Crippen LogP contribution in [-0.2, 0) is 0 Å². The zero-order valence-corrected chi connectivity index (χ0v) is 8.46. The average Bonchev–Trinajstić information content (AvgIpc) is 2.24. The van der Waals surface area contributed by atoms with Gasteiger partial charge < -0.3 is 5.73 Å². The van der Waals surface area contributed by atoms with Crippen molar-refractivity contribution in [2.45, 2.75) is 27.7 Å². The molecule has 0 heterocycles. The number of hydrogen-bond acceptors (Lipinski definition) is 1. The minimum atomic E-state index is 0.510. The van der Waals surface area contributed by atoms with Crippen molar-refractivity contribution in [2.75, 3.05) is 0 Å². The van der Waals surface area contributed by atoms with Crippen molar-refractivity contribution in [1.82, 2.24) is 0 Å². The largest absolute Gasteiger partial charge is 0.399 e. The molecule has 0 saturated heterocycles. The monoisotopic (exact) mass is 165 g/mol. The Bertz CT molecular complexity index is 187. The van der Waals surface area contributed by atoms with E-state index in [0.717, 1.165) is 11.3 Å². The molecule has 12 heavy (non-hydrogen) atoms. The minimum Gasteiger partial charge on any atom is -0.399 e. The van der Waals surface area contributed by atoms with E-state index in [1.54, 1.807) is 0 Å². The summed E-state index contributed by atoms with van der Waals surface area (Å²) in [5.41, 5.74) is 7.71. The molecule has 0 amide bonds. The lowest BCUT2D eigenvalue weighted by atomic mass is 10.1. The van der Waals surface area contributed by atoms with E-state index in [2.05, 4.69) is 25.2 Å². The van der Waals surface area contributed by atoms with E-state index in [1.807, 2.05) is 26.8 Å². The second kappa shape index (κ2) is 5.64. The van der Waals surface area contributed by atoms with Crippen LogP contribution in [0.25, 0.3) is 0 Å². The first kappa shape index (κ1) is 11.0. The third-order valence-electron chi connectivity index (χ3n) is 1.68. The van der Waals surface area contributed by atoms with Crippen LogP contribution in [0.1, 0.15) is 27.7 Å². The zero-order chi connectivity index (χ0) is 9.56. The number of nitrogens with two attached hydrogens (primary N) is 1. The van der Waals surface area contributed by atoms with Gasteiger partial charge in [0.05, 0.1) is 0 Å². The van der Waals surface area contributed by atoms with E-state index >= 15 is 0 Å². The standard InChI is InChI=1S/C9H13N.C2H6/c1-7-3-5-8(2)9(10)6-4-7;1-2/h3-7H,10H2,1-2H3;1-2H3. The van der Waals surface area contributed by atoms with Crippen LogP contribution in [0.4, 0.5) is 0 Å². The fraction of sp³-hybridized carbons (Fsp3) is 0.455. The van der Waals surface area contributed by atoms with E-state index < -0.39 is 0 Å². The molecule has 1 nitrogen and oxygen atoms in total. The Morgan fingerprint density at radius 2 is 1.67 bits per heavy atom. The summed E-state index contributed by atoms with van der Waals surface area (Å²) in [7, 11) is 0. The SMILES string of the molecule is CC.CC1=C(N)C=CC(C)C=C1. The molecule has 0 saturated carbocycles.